The highest BCUT2D eigenvalue weighted by Crippen LogP contribution is 2.17. The smallest absolute Gasteiger partial charge is 0.407 e. The van der Waals surface area contributed by atoms with Gasteiger partial charge >= 0.3 is 6.09 Å². The number of imidazole rings is 3. The van der Waals surface area contributed by atoms with E-state index in [1.807, 2.05) is 0 Å². The number of hydrogen-bond donors (Lipinski definition) is 9. The molecule has 0 bridgehead atoms. The monoisotopic (exact) mass is 971 g/mol. The first kappa shape index (κ1) is 52.2. The first-order chi connectivity index (χ1) is 33.1. The number of aromatic nitrogens is 8. The van der Waals surface area contributed by atoms with E-state index < -0.39 is 53.0 Å². The van der Waals surface area contributed by atoms with E-state index in [-0.39, 0.29) is 104 Å². The Labute approximate surface area is 400 Å². The number of hydrogen-bond acceptors (Lipinski definition) is 13. The van der Waals surface area contributed by atoms with E-state index in [9.17, 15) is 43.2 Å². The molecular weight excluding hydrogens is 915 g/mol. The van der Waals surface area contributed by atoms with E-state index in [1.54, 1.807) is 73.0 Å². The number of nitrogens with one attached hydrogen (secondary N) is 9. The lowest BCUT2D eigenvalue weighted by Gasteiger charge is -2.19. The van der Waals surface area contributed by atoms with Gasteiger partial charge in [-0.15, -0.1) is 0 Å². The predicted octanol–water partition coefficient (Wildman–Crippen LogP) is 0.347. The summed E-state index contributed by atoms with van der Waals surface area (Å²) in [5.41, 5.74) is 0.424. The Morgan fingerprint density at radius 2 is 0.929 bits per heavy atom. The molecule has 9 N–H and O–H groups in total. The van der Waals surface area contributed by atoms with Crippen LogP contribution >= 0.6 is 0 Å². The Bertz CT molecular complexity index is 2770. The number of aryl methyl sites for hydroxylation is 5. The molecule has 5 heterocycles. The number of alkyl carbamates (subject to hydrolysis) is 1. The van der Waals surface area contributed by atoms with Gasteiger partial charge in [0.05, 0.1) is 11.4 Å². The number of carbonyl (C=O) groups is 9. The van der Waals surface area contributed by atoms with Crippen LogP contribution in [-0.4, -0.2) is 129 Å². The largest absolute Gasteiger partial charge is 0.444 e. The Kier molecular flexibility index (Phi) is 17.4. The maximum absolute atomic E-state index is 13.2. The molecule has 27 heteroatoms. The summed E-state index contributed by atoms with van der Waals surface area (Å²) in [5.74, 6) is -3.68. The fourth-order valence-corrected chi connectivity index (χ4v) is 6.46. The SMILES string of the molecule is Cn1cc(NC(=O)c2nc(NC(=O)CCNC(=O)c3cc(NC(=O)c4nccn4C)cn3C)cn2C)cc1C(=O)NCCC(=O)Nc1cn(C)c(C(=O)NCCC(=O)NCCNC(=O)OC(C)(C)C)n1. The fourth-order valence-electron chi connectivity index (χ4n) is 6.46. The molecule has 0 aliphatic rings. The number of anilines is 4. The van der Waals surface area contributed by atoms with E-state index in [2.05, 4.69) is 62.8 Å². The van der Waals surface area contributed by atoms with E-state index >= 15 is 0 Å². The summed E-state index contributed by atoms with van der Waals surface area (Å²) < 4.78 is 12.5. The van der Waals surface area contributed by atoms with Crippen molar-refractivity contribution in [3.63, 3.8) is 0 Å². The van der Waals surface area contributed by atoms with Gasteiger partial charge in [0.25, 0.3) is 29.5 Å². The Morgan fingerprint density at radius 1 is 0.486 bits per heavy atom. The van der Waals surface area contributed by atoms with Crippen molar-refractivity contribution in [2.24, 2.45) is 35.2 Å². The van der Waals surface area contributed by atoms with Crippen LogP contribution in [0.3, 0.4) is 0 Å². The summed E-state index contributed by atoms with van der Waals surface area (Å²) in [7, 11) is 8.02. The number of ether oxygens (including phenoxy) is 1. The zero-order valence-corrected chi connectivity index (χ0v) is 39.9. The van der Waals surface area contributed by atoms with Crippen molar-refractivity contribution in [3.8, 4) is 0 Å². The molecule has 27 nitrogen and oxygen atoms in total. The summed E-state index contributed by atoms with van der Waals surface area (Å²) in [6.07, 6.45) is 8.18. The van der Waals surface area contributed by atoms with Crippen LogP contribution in [0, 0.1) is 0 Å². The van der Waals surface area contributed by atoms with Crippen LogP contribution in [-0.2, 0) is 54.4 Å². The summed E-state index contributed by atoms with van der Waals surface area (Å²) in [6, 6.07) is 2.93. The van der Waals surface area contributed by atoms with Crippen LogP contribution in [0.25, 0.3) is 0 Å². The Morgan fingerprint density at radius 3 is 1.40 bits per heavy atom. The van der Waals surface area contributed by atoms with E-state index in [1.165, 1.54) is 55.2 Å². The minimum absolute atomic E-state index is 0.00481. The quantitative estimate of drug-likeness (QED) is 0.0449. The number of amides is 9. The van der Waals surface area contributed by atoms with E-state index in [0.717, 1.165) is 0 Å². The van der Waals surface area contributed by atoms with Crippen LogP contribution in [0.5, 0.6) is 0 Å². The standard InChI is InChI=1S/C43H57N17O10/c1-43(2,3)70-42(69)49-16-15-44-31(61)9-12-48-39(66)35-54-29(23-59(35)7)52-32(62)10-13-47-38(65)28-20-26(22-58(28)6)51-41(68)36-55-30(24-60(36)8)53-33(63)11-14-46-37(64)27-19-25(21-57(27)5)50-40(67)34-45-17-18-56(34)4/h17-24H,9-16H2,1-8H3,(H,44,61)(H,46,64)(H,47,65)(H,48,66)(H,49,69)(H,50,67)(H,51,68)(H,52,62)(H,53,63). The normalized spacial score (nSPS) is 11.0. The van der Waals surface area contributed by atoms with Gasteiger partial charge in [0.2, 0.25) is 29.4 Å². The molecule has 0 spiro atoms. The van der Waals surface area contributed by atoms with Gasteiger partial charge in [0, 0.05) is 124 Å². The predicted molar refractivity (Wildman–Crippen MR) is 252 cm³/mol. The maximum Gasteiger partial charge on any atom is 0.407 e. The second-order valence-electron chi connectivity index (χ2n) is 16.7. The molecule has 70 heavy (non-hydrogen) atoms. The molecule has 5 aromatic heterocycles. The summed E-state index contributed by atoms with van der Waals surface area (Å²) >= 11 is 0. The fraction of sp³-hybridized carbons (Fsp3) is 0.395. The Balaban J connectivity index is 0.990. The van der Waals surface area contributed by atoms with E-state index in [4.69, 9.17) is 4.74 Å². The van der Waals surface area contributed by atoms with Crippen LogP contribution in [0.15, 0.2) is 49.3 Å². The summed E-state index contributed by atoms with van der Waals surface area (Å²) in [6.45, 7) is 5.45. The molecule has 0 aliphatic carbocycles. The van der Waals surface area contributed by atoms with Gasteiger partial charge in [-0.2, -0.15) is 0 Å². The molecule has 0 saturated heterocycles. The second-order valence-corrected chi connectivity index (χ2v) is 16.7. The topological polar surface area (TPSA) is 334 Å². The third-order valence-electron chi connectivity index (χ3n) is 9.74. The molecule has 0 fully saturated rings. The van der Waals surface area contributed by atoms with Crippen molar-refractivity contribution in [2.75, 3.05) is 54.0 Å². The van der Waals surface area contributed by atoms with Crippen molar-refractivity contribution in [1.29, 1.82) is 0 Å². The van der Waals surface area contributed by atoms with Crippen molar-refractivity contribution in [1.82, 2.24) is 64.4 Å². The molecular formula is C43H57N17O10. The first-order valence-corrected chi connectivity index (χ1v) is 21.7. The second kappa shape index (κ2) is 23.3. The van der Waals surface area contributed by atoms with Gasteiger partial charge in [0.1, 0.15) is 17.0 Å². The van der Waals surface area contributed by atoms with Crippen molar-refractivity contribution in [3.05, 3.63) is 78.2 Å². The van der Waals surface area contributed by atoms with E-state index in [0.29, 0.717) is 5.69 Å². The average Bonchev–Trinajstić information content (AvgIpc) is 4.11. The zero-order valence-electron chi connectivity index (χ0n) is 39.9. The first-order valence-electron chi connectivity index (χ1n) is 21.7. The van der Waals surface area contributed by atoms with Crippen molar-refractivity contribution < 1.29 is 47.9 Å². The molecule has 5 aromatic rings. The lowest BCUT2D eigenvalue weighted by Crippen LogP contribution is -2.38. The average molecular weight is 972 g/mol. The number of nitrogens with zero attached hydrogens (tertiary/aromatic N) is 8. The number of rotatable bonds is 21. The highest BCUT2D eigenvalue weighted by Gasteiger charge is 2.21. The maximum atomic E-state index is 13.2. The molecule has 0 saturated carbocycles. The Hall–Kier alpha value is -8.78. The third kappa shape index (κ3) is 15.1. The molecule has 0 radical (unpaired) electrons. The molecule has 0 atom stereocenters. The highest BCUT2D eigenvalue weighted by molar-refractivity contribution is 6.04. The highest BCUT2D eigenvalue weighted by atomic mass is 16.6. The molecule has 0 aliphatic heterocycles. The lowest BCUT2D eigenvalue weighted by atomic mass is 10.2. The van der Waals surface area contributed by atoms with Crippen LogP contribution < -0.4 is 47.9 Å². The van der Waals surface area contributed by atoms with Crippen LogP contribution in [0.1, 0.15) is 92.9 Å². The zero-order chi connectivity index (χ0) is 51.3. The third-order valence-corrected chi connectivity index (χ3v) is 9.74. The van der Waals surface area contributed by atoms with Crippen molar-refractivity contribution in [2.45, 2.75) is 45.6 Å². The van der Waals surface area contributed by atoms with Crippen LogP contribution in [0.2, 0.25) is 0 Å². The van der Waals surface area contributed by atoms with Gasteiger partial charge < -0.3 is 75.4 Å². The van der Waals surface area contributed by atoms with Gasteiger partial charge in [-0.1, -0.05) is 0 Å². The molecule has 374 valence electrons. The molecule has 9 amide bonds. The summed E-state index contributed by atoms with van der Waals surface area (Å²) in [4.78, 5) is 126. The van der Waals surface area contributed by atoms with Crippen LogP contribution in [0.4, 0.5) is 27.8 Å². The molecule has 5 rings (SSSR count). The molecule has 0 aromatic carbocycles. The van der Waals surface area contributed by atoms with Gasteiger partial charge in [-0.05, 0) is 32.9 Å². The lowest BCUT2D eigenvalue weighted by molar-refractivity contribution is -0.121. The van der Waals surface area contributed by atoms with Gasteiger partial charge in [-0.25, -0.2) is 19.7 Å². The summed E-state index contributed by atoms with van der Waals surface area (Å²) in [5, 5.41) is 23.6. The van der Waals surface area contributed by atoms with Gasteiger partial charge in [-0.3, -0.25) is 38.4 Å². The number of carbonyl (C=O) groups excluding carboxylic acids is 9. The van der Waals surface area contributed by atoms with Crippen molar-refractivity contribution >= 4 is 76.4 Å². The van der Waals surface area contributed by atoms with Gasteiger partial charge in [0.15, 0.2) is 17.5 Å². The molecule has 0 unspecified atom stereocenters. The minimum atomic E-state index is -0.644. The minimum Gasteiger partial charge on any atom is -0.444 e.